The summed E-state index contributed by atoms with van der Waals surface area (Å²) in [6.07, 6.45) is 1.00. The molecule has 0 radical (unpaired) electrons. The van der Waals surface area contributed by atoms with Crippen molar-refractivity contribution in [2.24, 2.45) is 0 Å². The van der Waals surface area contributed by atoms with Crippen LogP contribution in [-0.4, -0.2) is 50.9 Å². The van der Waals surface area contributed by atoms with Crippen LogP contribution in [0.5, 0.6) is 0 Å². The van der Waals surface area contributed by atoms with Crippen LogP contribution in [0.15, 0.2) is 42.5 Å². The van der Waals surface area contributed by atoms with Crippen molar-refractivity contribution in [1.29, 1.82) is 0 Å². The normalized spacial score (nSPS) is 14.0. The number of halogens is 1. The lowest BCUT2D eigenvalue weighted by Gasteiger charge is -2.26. The fourth-order valence-electron chi connectivity index (χ4n) is 3.42. The van der Waals surface area contributed by atoms with Crippen LogP contribution < -0.4 is 15.5 Å². The molecule has 0 fully saturated rings. The number of carbonyl (C=O) groups excluding carboxylic acids is 2. The largest absolute Gasteiger partial charge is 0.374 e. The second-order valence-corrected chi connectivity index (χ2v) is 7.21. The lowest BCUT2D eigenvalue weighted by molar-refractivity contribution is -0.136. The average Bonchev–Trinajstić information content (AvgIpc) is 3.02. The minimum absolute atomic E-state index is 0.0675. The molecule has 0 aliphatic carbocycles. The first-order valence-electron chi connectivity index (χ1n) is 9.20. The number of rotatable bonds is 5. The molecule has 6 nitrogen and oxygen atoms in total. The van der Waals surface area contributed by atoms with E-state index in [0.717, 1.165) is 24.6 Å². The van der Waals surface area contributed by atoms with Crippen LogP contribution >= 0.6 is 0 Å². The molecule has 1 aliphatic rings. The van der Waals surface area contributed by atoms with Crippen molar-refractivity contribution in [3.05, 3.63) is 59.4 Å². The fraction of sp³-hybridized carbons (Fsp3) is 0.333. The molecular weight excluding hydrogens is 359 g/mol. The molecule has 2 amide bonds. The number of hydrogen-bond donors (Lipinski definition) is 2. The van der Waals surface area contributed by atoms with Gasteiger partial charge in [-0.2, -0.15) is 0 Å². The first-order valence-corrected chi connectivity index (χ1v) is 9.20. The minimum atomic E-state index is -0.821. The highest BCUT2D eigenvalue weighted by Crippen LogP contribution is 2.30. The van der Waals surface area contributed by atoms with E-state index < -0.39 is 17.6 Å². The Hall–Kier alpha value is -2.93. The monoisotopic (exact) mass is 384 g/mol. The molecule has 2 aromatic rings. The maximum Gasteiger partial charge on any atom is 0.313 e. The molecular formula is C21H25FN4O2. The smallest absolute Gasteiger partial charge is 0.313 e. The van der Waals surface area contributed by atoms with Crippen LogP contribution in [0.2, 0.25) is 0 Å². The van der Waals surface area contributed by atoms with Crippen molar-refractivity contribution in [3.63, 3.8) is 0 Å². The number of carbonyl (C=O) groups is 2. The maximum atomic E-state index is 13.2. The molecule has 148 valence electrons. The van der Waals surface area contributed by atoms with E-state index in [2.05, 4.69) is 40.8 Å². The number of benzene rings is 2. The van der Waals surface area contributed by atoms with Gasteiger partial charge >= 0.3 is 11.8 Å². The van der Waals surface area contributed by atoms with Crippen molar-refractivity contribution >= 4 is 23.2 Å². The second-order valence-electron chi connectivity index (χ2n) is 7.21. The van der Waals surface area contributed by atoms with Gasteiger partial charge in [0.05, 0.1) is 6.04 Å². The molecule has 7 heteroatoms. The Morgan fingerprint density at radius 2 is 1.96 bits per heavy atom. The zero-order chi connectivity index (χ0) is 20.3. The van der Waals surface area contributed by atoms with Crippen molar-refractivity contribution in [1.82, 2.24) is 10.2 Å². The van der Waals surface area contributed by atoms with Crippen LogP contribution in [0.1, 0.15) is 17.2 Å². The summed E-state index contributed by atoms with van der Waals surface area (Å²) in [4.78, 5) is 28.5. The number of likely N-dealkylation sites (N-methyl/N-ethyl adjacent to an activating group) is 2. The average molecular weight is 384 g/mol. The molecule has 2 N–H and O–H groups in total. The van der Waals surface area contributed by atoms with Gasteiger partial charge in [-0.25, -0.2) is 4.39 Å². The summed E-state index contributed by atoms with van der Waals surface area (Å²) in [5.41, 5.74) is 3.86. The lowest BCUT2D eigenvalue weighted by Crippen LogP contribution is -2.40. The highest BCUT2D eigenvalue weighted by Gasteiger charge is 2.22. The van der Waals surface area contributed by atoms with Gasteiger partial charge in [0, 0.05) is 31.5 Å². The van der Waals surface area contributed by atoms with Crippen LogP contribution in [0, 0.1) is 5.82 Å². The van der Waals surface area contributed by atoms with E-state index in [9.17, 15) is 14.0 Å². The Labute approximate surface area is 164 Å². The molecule has 0 spiro atoms. The maximum absolute atomic E-state index is 13.2. The van der Waals surface area contributed by atoms with Gasteiger partial charge in [0.15, 0.2) is 0 Å². The van der Waals surface area contributed by atoms with E-state index in [1.54, 1.807) is 0 Å². The predicted molar refractivity (Wildman–Crippen MR) is 108 cm³/mol. The van der Waals surface area contributed by atoms with E-state index in [-0.39, 0.29) is 18.3 Å². The fourth-order valence-corrected chi connectivity index (χ4v) is 3.42. The molecule has 0 saturated heterocycles. The zero-order valence-corrected chi connectivity index (χ0v) is 16.3. The lowest BCUT2D eigenvalue weighted by atomic mass is 10.0. The van der Waals surface area contributed by atoms with Crippen LogP contribution in [0.25, 0.3) is 0 Å². The summed E-state index contributed by atoms with van der Waals surface area (Å²) in [6.45, 7) is 1.29. The van der Waals surface area contributed by atoms with Crippen molar-refractivity contribution in [2.75, 3.05) is 44.4 Å². The van der Waals surface area contributed by atoms with Gasteiger partial charge < -0.3 is 20.4 Å². The summed E-state index contributed by atoms with van der Waals surface area (Å²) in [6, 6.07) is 11.7. The highest BCUT2D eigenvalue weighted by molar-refractivity contribution is 6.39. The molecule has 1 heterocycles. The van der Waals surface area contributed by atoms with Gasteiger partial charge in [-0.3, -0.25) is 9.59 Å². The molecule has 1 aliphatic heterocycles. The number of anilines is 2. The summed E-state index contributed by atoms with van der Waals surface area (Å²) in [7, 11) is 5.94. The first-order chi connectivity index (χ1) is 13.3. The zero-order valence-electron chi connectivity index (χ0n) is 16.3. The highest BCUT2D eigenvalue weighted by atomic mass is 19.1. The van der Waals surface area contributed by atoms with Crippen molar-refractivity contribution in [3.8, 4) is 0 Å². The standard InChI is InChI=1S/C21H25FN4O2/c1-25(2)19(14-7-8-18-15(11-14)9-10-26(18)3)13-23-20(27)21(28)24-17-6-4-5-16(22)12-17/h4-8,11-12,19H,9-10,13H2,1-3H3,(H,23,27)(H,24,28). The summed E-state index contributed by atoms with van der Waals surface area (Å²) in [5.74, 6) is -2.05. The van der Waals surface area contributed by atoms with Crippen LogP contribution in [0.4, 0.5) is 15.8 Å². The quantitative estimate of drug-likeness (QED) is 0.776. The summed E-state index contributed by atoms with van der Waals surface area (Å²) in [5, 5.41) is 5.08. The van der Waals surface area contributed by atoms with E-state index in [0.29, 0.717) is 0 Å². The molecule has 0 aromatic heterocycles. The van der Waals surface area contributed by atoms with E-state index in [4.69, 9.17) is 0 Å². The summed E-state index contributed by atoms with van der Waals surface area (Å²) < 4.78 is 13.2. The number of fused-ring (bicyclic) bond motifs is 1. The molecule has 3 rings (SSSR count). The number of amides is 2. The molecule has 1 atom stereocenters. The SMILES string of the molecule is CN1CCc2cc(C(CNC(=O)C(=O)Nc3cccc(F)c3)N(C)C)ccc21. The second kappa shape index (κ2) is 8.39. The Morgan fingerprint density at radius 3 is 2.68 bits per heavy atom. The van der Waals surface area contributed by atoms with Crippen LogP contribution in [-0.2, 0) is 16.0 Å². The van der Waals surface area contributed by atoms with E-state index in [1.165, 1.54) is 29.4 Å². The topological polar surface area (TPSA) is 64.7 Å². The van der Waals surface area contributed by atoms with Gasteiger partial charge in [0.2, 0.25) is 0 Å². The van der Waals surface area contributed by atoms with Gasteiger partial charge in [-0.1, -0.05) is 18.2 Å². The van der Waals surface area contributed by atoms with E-state index >= 15 is 0 Å². The van der Waals surface area contributed by atoms with Gasteiger partial charge in [-0.15, -0.1) is 0 Å². The third-order valence-electron chi connectivity index (χ3n) is 4.98. The Bertz CT molecular complexity index is 884. The molecule has 2 aromatic carbocycles. The van der Waals surface area contributed by atoms with Crippen molar-refractivity contribution < 1.29 is 14.0 Å². The minimum Gasteiger partial charge on any atom is -0.374 e. The predicted octanol–water partition coefficient (Wildman–Crippen LogP) is 2.18. The summed E-state index contributed by atoms with van der Waals surface area (Å²) >= 11 is 0. The van der Waals surface area contributed by atoms with Gasteiger partial charge in [0.1, 0.15) is 5.82 Å². The number of hydrogen-bond acceptors (Lipinski definition) is 4. The molecule has 0 bridgehead atoms. The van der Waals surface area contributed by atoms with Gasteiger partial charge in [0.25, 0.3) is 0 Å². The van der Waals surface area contributed by atoms with Crippen molar-refractivity contribution in [2.45, 2.75) is 12.5 Å². The van der Waals surface area contributed by atoms with Gasteiger partial charge in [-0.05, 0) is 55.9 Å². The Morgan fingerprint density at radius 1 is 1.18 bits per heavy atom. The number of nitrogens with one attached hydrogen (secondary N) is 2. The van der Waals surface area contributed by atoms with E-state index in [1.807, 2.05) is 19.0 Å². The third-order valence-corrected chi connectivity index (χ3v) is 4.98. The molecule has 28 heavy (non-hydrogen) atoms. The Balaban J connectivity index is 1.63. The number of nitrogens with zero attached hydrogens (tertiary/aromatic N) is 2. The third kappa shape index (κ3) is 4.48. The van der Waals surface area contributed by atoms with Crippen LogP contribution in [0.3, 0.4) is 0 Å². The Kier molecular flexibility index (Phi) is 5.94. The molecule has 1 unspecified atom stereocenters. The first kappa shape index (κ1) is 19.8. The molecule has 0 saturated carbocycles.